The Morgan fingerprint density at radius 1 is 1.11 bits per heavy atom. The van der Waals surface area contributed by atoms with Gasteiger partial charge in [0, 0.05) is 23.4 Å². The number of rotatable bonds is 5. The minimum absolute atomic E-state index is 0.0875. The summed E-state index contributed by atoms with van der Waals surface area (Å²) in [6.07, 6.45) is 1.93. The van der Waals surface area contributed by atoms with Crippen LogP contribution in [0.3, 0.4) is 0 Å². The van der Waals surface area contributed by atoms with E-state index in [0.29, 0.717) is 23.3 Å². The molecular weight excluding hydrogens is 378 g/mol. The van der Waals surface area contributed by atoms with Crippen molar-refractivity contribution in [2.24, 2.45) is 0 Å². The van der Waals surface area contributed by atoms with Gasteiger partial charge in [0.15, 0.2) is 0 Å². The highest BCUT2D eigenvalue weighted by atomic mass is 32.2. The second-order valence-electron chi connectivity index (χ2n) is 6.56. The molecule has 7 nitrogen and oxygen atoms in total. The van der Waals surface area contributed by atoms with E-state index in [1.165, 1.54) is 0 Å². The van der Waals surface area contributed by atoms with Crippen LogP contribution >= 0.6 is 0 Å². The van der Waals surface area contributed by atoms with Gasteiger partial charge in [0.25, 0.3) is 15.9 Å². The summed E-state index contributed by atoms with van der Waals surface area (Å²) in [5.41, 5.74) is 0.902. The van der Waals surface area contributed by atoms with E-state index in [1.807, 2.05) is 0 Å². The Bertz CT molecular complexity index is 1110. The molecule has 3 aromatic rings. The maximum Gasteiger partial charge on any atom is 0.264 e. The van der Waals surface area contributed by atoms with Crippen molar-refractivity contribution in [1.29, 1.82) is 0 Å². The number of sulfonamides is 1. The first kappa shape index (κ1) is 17.7. The van der Waals surface area contributed by atoms with Crippen LogP contribution < -0.4 is 4.72 Å². The van der Waals surface area contributed by atoms with Crippen LogP contribution in [0, 0.1) is 25.5 Å². The minimum Gasteiger partial charge on any atom is -0.420 e. The van der Waals surface area contributed by atoms with Crippen LogP contribution in [-0.2, 0) is 10.0 Å². The van der Waals surface area contributed by atoms with Gasteiger partial charge in [-0.25, -0.2) is 17.2 Å². The van der Waals surface area contributed by atoms with Crippen LogP contribution in [0.2, 0.25) is 0 Å². The minimum atomic E-state index is -4.17. The summed E-state index contributed by atoms with van der Waals surface area (Å²) >= 11 is 0. The molecule has 2 N–H and O–H groups in total. The fraction of sp³-hybridized carbons (Fsp3) is 0.294. The zero-order valence-corrected chi connectivity index (χ0v) is 15.3. The molecule has 0 unspecified atom stereocenters. The SMILES string of the molecule is Cc1[nH]c(C)c(S(=O)(=O)Nc2cc(F)cc(F)c2)c1-c1nnc(C2CC2)o1. The molecule has 1 aliphatic rings. The number of aryl methyl sites for hydroxylation is 2. The monoisotopic (exact) mass is 394 g/mol. The second-order valence-corrected chi connectivity index (χ2v) is 8.18. The van der Waals surface area contributed by atoms with Gasteiger partial charge in [-0.15, -0.1) is 10.2 Å². The number of aromatic nitrogens is 3. The van der Waals surface area contributed by atoms with Crippen molar-refractivity contribution in [2.45, 2.75) is 37.5 Å². The van der Waals surface area contributed by atoms with Gasteiger partial charge in [-0.2, -0.15) is 0 Å². The first-order valence-electron chi connectivity index (χ1n) is 8.26. The van der Waals surface area contributed by atoms with Gasteiger partial charge in [-0.1, -0.05) is 0 Å². The molecule has 0 saturated heterocycles. The van der Waals surface area contributed by atoms with Gasteiger partial charge in [0.1, 0.15) is 16.5 Å². The Hall–Kier alpha value is -2.75. The van der Waals surface area contributed by atoms with Crippen molar-refractivity contribution in [3.63, 3.8) is 0 Å². The molecule has 1 aliphatic carbocycles. The number of halogens is 2. The molecule has 27 heavy (non-hydrogen) atoms. The molecule has 0 radical (unpaired) electrons. The summed E-state index contributed by atoms with van der Waals surface area (Å²) in [7, 11) is -4.17. The molecule has 0 aliphatic heterocycles. The summed E-state index contributed by atoms with van der Waals surface area (Å²) in [5, 5.41) is 7.97. The maximum atomic E-state index is 13.4. The smallest absolute Gasteiger partial charge is 0.264 e. The predicted octanol–water partition coefficient (Wildman–Crippen LogP) is 3.64. The molecule has 2 aromatic heterocycles. The van der Waals surface area contributed by atoms with Crippen molar-refractivity contribution >= 4 is 15.7 Å². The third kappa shape index (κ3) is 3.32. The average Bonchev–Trinajstić information content (AvgIpc) is 3.19. The van der Waals surface area contributed by atoms with Crippen molar-refractivity contribution in [3.05, 3.63) is 47.1 Å². The van der Waals surface area contributed by atoms with Crippen molar-refractivity contribution in [2.75, 3.05) is 4.72 Å². The number of aromatic amines is 1. The highest BCUT2D eigenvalue weighted by Gasteiger charge is 2.33. The normalized spacial score (nSPS) is 14.5. The fourth-order valence-corrected chi connectivity index (χ4v) is 4.50. The summed E-state index contributed by atoms with van der Waals surface area (Å²) in [6.45, 7) is 3.26. The van der Waals surface area contributed by atoms with Crippen LogP contribution in [0.15, 0.2) is 27.5 Å². The molecule has 0 atom stereocenters. The van der Waals surface area contributed by atoms with Gasteiger partial charge < -0.3 is 9.40 Å². The Morgan fingerprint density at radius 3 is 2.41 bits per heavy atom. The molecular formula is C17H16F2N4O3S. The lowest BCUT2D eigenvalue weighted by molar-refractivity contribution is 0.507. The van der Waals surface area contributed by atoms with Gasteiger partial charge in [0.05, 0.1) is 11.3 Å². The summed E-state index contributed by atoms with van der Waals surface area (Å²) in [4.78, 5) is 2.85. The van der Waals surface area contributed by atoms with Crippen LogP contribution in [0.25, 0.3) is 11.5 Å². The predicted molar refractivity (Wildman–Crippen MR) is 92.7 cm³/mol. The summed E-state index contributed by atoms with van der Waals surface area (Å²) in [6, 6.07) is 2.45. The highest BCUT2D eigenvalue weighted by molar-refractivity contribution is 7.93. The van der Waals surface area contributed by atoms with Crippen molar-refractivity contribution < 1.29 is 21.6 Å². The molecule has 142 valence electrons. The zero-order valence-electron chi connectivity index (χ0n) is 14.5. The molecule has 2 heterocycles. The van der Waals surface area contributed by atoms with Gasteiger partial charge >= 0.3 is 0 Å². The molecule has 1 fully saturated rings. The molecule has 0 amide bonds. The number of hydrogen-bond acceptors (Lipinski definition) is 5. The molecule has 0 bridgehead atoms. The zero-order chi connectivity index (χ0) is 19.3. The Morgan fingerprint density at radius 2 is 1.78 bits per heavy atom. The quantitative estimate of drug-likeness (QED) is 0.688. The number of anilines is 1. The topological polar surface area (TPSA) is 101 Å². The summed E-state index contributed by atoms with van der Waals surface area (Å²) in [5.74, 6) is -0.988. The van der Waals surface area contributed by atoms with Crippen LogP contribution in [0.5, 0.6) is 0 Å². The van der Waals surface area contributed by atoms with Crippen LogP contribution in [0.4, 0.5) is 14.5 Å². The van der Waals surface area contributed by atoms with Crippen LogP contribution in [0.1, 0.15) is 36.0 Å². The Balaban J connectivity index is 1.77. The molecule has 1 aromatic carbocycles. The number of benzene rings is 1. The van der Waals surface area contributed by atoms with E-state index < -0.39 is 21.7 Å². The van der Waals surface area contributed by atoms with E-state index in [4.69, 9.17) is 4.42 Å². The average molecular weight is 394 g/mol. The molecule has 4 rings (SSSR count). The van der Waals surface area contributed by atoms with Crippen molar-refractivity contribution in [1.82, 2.24) is 15.2 Å². The third-order valence-corrected chi connectivity index (χ3v) is 5.83. The lowest BCUT2D eigenvalue weighted by Gasteiger charge is -2.09. The van der Waals surface area contributed by atoms with Gasteiger partial charge in [-0.3, -0.25) is 4.72 Å². The second kappa shape index (κ2) is 6.15. The van der Waals surface area contributed by atoms with Gasteiger partial charge in [0.2, 0.25) is 5.89 Å². The number of H-pyrrole nitrogens is 1. The van der Waals surface area contributed by atoms with E-state index in [1.54, 1.807) is 13.8 Å². The number of hydrogen-bond donors (Lipinski definition) is 2. The Kier molecular flexibility index (Phi) is 4.02. The standard InChI is InChI=1S/C17H16F2N4O3S/c1-8-14(17-22-21-16(26-17)10-3-4-10)15(9(2)20-8)27(24,25)23-13-6-11(18)5-12(19)7-13/h5-7,10,20,23H,3-4H2,1-2H3. The lowest BCUT2D eigenvalue weighted by atomic mass is 10.2. The van der Waals surface area contributed by atoms with E-state index in [-0.39, 0.29) is 28.0 Å². The van der Waals surface area contributed by atoms with Crippen LogP contribution in [-0.4, -0.2) is 23.6 Å². The van der Waals surface area contributed by atoms with E-state index >= 15 is 0 Å². The third-order valence-electron chi connectivity index (χ3n) is 4.28. The first-order chi connectivity index (χ1) is 12.7. The van der Waals surface area contributed by atoms with E-state index in [9.17, 15) is 17.2 Å². The van der Waals surface area contributed by atoms with E-state index in [2.05, 4.69) is 19.9 Å². The summed E-state index contributed by atoms with van der Waals surface area (Å²) < 4.78 is 60.5. The molecule has 1 saturated carbocycles. The van der Waals surface area contributed by atoms with Gasteiger partial charge in [-0.05, 0) is 38.8 Å². The molecule has 0 spiro atoms. The molecule has 10 heteroatoms. The van der Waals surface area contributed by atoms with Crippen molar-refractivity contribution in [3.8, 4) is 11.5 Å². The number of nitrogens with zero attached hydrogens (tertiary/aromatic N) is 2. The highest BCUT2D eigenvalue weighted by Crippen LogP contribution is 2.41. The first-order valence-corrected chi connectivity index (χ1v) is 9.75. The maximum absolute atomic E-state index is 13.4. The lowest BCUT2D eigenvalue weighted by Crippen LogP contribution is -2.15. The Labute approximate surface area is 153 Å². The van der Waals surface area contributed by atoms with E-state index in [0.717, 1.165) is 25.0 Å². The number of nitrogens with one attached hydrogen (secondary N) is 2. The fourth-order valence-electron chi connectivity index (χ4n) is 3.00. The largest absolute Gasteiger partial charge is 0.420 e.